The van der Waals surface area contributed by atoms with Crippen LogP contribution in [0.2, 0.25) is 0 Å². The maximum absolute atomic E-state index is 12.2. The monoisotopic (exact) mass is 337 g/mol. The van der Waals surface area contributed by atoms with Gasteiger partial charge in [-0.2, -0.15) is 0 Å². The topological polar surface area (TPSA) is 94.1 Å². The third-order valence-electron chi connectivity index (χ3n) is 4.26. The molecule has 0 bridgehead atoms. The Hall–Kier alpha value is -2.28. The number of rotatable bonds is 9. The summed E-state index contributed by atoms with van der Waals surface area (Å²) in [5.41, 5.74) is -0.373. The van der Waals surface area contributed by atoms with Crippen molar-refractivity contribution < 1.29 is 28.9 Å². The van der Waals surface area contributed by atoms with E-state index in [9.17, 15) is 14.7 Å². The number of carboxylic acids is 1. The number of nitrogens with one attached hydrogen (secondary N) is 1. The highest BCUT2D eigenvalue weighted by atomic mass is 16.5. The number of hydrogen-bond donors (Lipinski definition) is 2. The van der Waals surface area contributed by atoms with E-state index < -0.39 is 11.4 Å². The molecule has 0 atom stereocenters. The molecule has 0 radical (unpaired) electrons. The maximum Gasteiger partial charge on any atom is 0.310 e. The van der Waals surface area contributed by atoms with E-state index in [1.54, 1.807) is 25.3 Å². The fourth-order valence-electron chi connectivity index (χ4n) is 2.68. The number of carbonyl (C=O) groups is 2. The van der Waals surface area contributed by atoms with Crippen molar-refractivity contribution in [3.05, 3.63) is 18.2 Å². The highest BCUT2D eigenvalue weighted by Gasteiger charge is 2.45. The third-order valence-corrected chi connectivity index (χ3v) is 4.26. The summed E-state index contributed by atoms with van der Waals surface area (Å²) in [5.74, 6) is -0.179. The van der Waals surface area contributed by atoms with E-state index in [1.165, 1.54) is 7.11 Å². The summed E-state index contributed by atoms with van der Waals surface area (Å²) >= 11 is 0. The molecule has 2 N–H and O–H groups in total. The van der Waals surface area contributed by atoms with Gasteiger partial charge in [-0.25, -0.2) is 0 Å². The molecule has 0 aromatic heterocycles. The van der Waals surface area contributed by atoms with E-state index in [4.69, 9.17) is 14.2 Å². The first kappa shape index (κ1) is 18.1. The van der Waals surface area contributed by atoms with Gasteiger partial charge < -0.3 is 24.6 Å². The van der Waals surface area contributed by atoms with Crippen LogP contribution in [0.1, 0.15) is 25.7 Å². The van der Waals surface area contributed by atoms with Gasteiger partial charge >= 0.3 is 5.97 Å². The lowest BCUT2D eigenvalue weighted by molar-refractivity contribution is -0.157. The van der Waals surface area contributed by atoms with Crippen molar-refractivity contribution in [3.8, 4) is 11.5 Å². The number of methoxy groups -OCH3 is 2. The second kappa shape index (κ2) is 8.01. The fraction of sp³-hybridized carbons (Fsp3) is 0.529. The summed E-state index contributed by atoms with van der Waals surface area (Å²) in [6, 6.07) is 5.03. The van der Waals surface area contributed by atoms with Gasteiger partial charge in [0.15, 0.2) is 11.5 Å². The molecule has 0 aliphatic heterocycles. The number of carboxylic acid groups (broad SMARTS) is 1. The Labute approximate surface area is 140 Å². The molecule has 24 heavy (non-hydrogen) atoms. The SMILES string of the molecule is COCCOc1cc(NC(=O)CC2(C(=O)O)CCC2)ccc1OC. The zero-order valence-corrected chi connectivity index (χ0v) is 14.0. The van der Waals surface area contributed by atoms with Crippen molar-refractivity contribution in [2.75, 3.05) is 32.8 Å². The first-order valence-electron chi connectivity index (χ1n) is 7.84. The summed E-state index contributed by atoms with van der Waals surface area (Å²) in [5, 5.41) is 12.0. The van der Waals surface area contributed by atoms with Crippen molar-refractivity contribution in [2.45, 2.75) is 25.7 Å². The average molecular weight is 337 g/mol. The maximum atomic E-state index is 12.2. The Bertz CT molecular complexity index is 597. The Balaban J connectivity index is 2.02. The molecule has 0 unspecified atom stereocenters. The van der Waals surface area contributed by atoms with Gasteiger partial charge in [0.25, 0.3) is 0 Å². The minimum Gasteiger partial charge on any atom is -0.493 e. The molecule has 1 aromatic carbocycles. The molecule has 1 saturated carbocycles. The van der Waals surface area contributed by atoms with Crippen LogP contribution in [0.4, 0.5) is 5.69 Å². The molecule has 1 aliphatic carbocycles. The minimum absolute atomic E-state index is 0.0196. The summed E-state index contributed by atoms with van der Waals surface area (Å²) in [7, 11) is 3.11. The molecule has 0 saturated heterocycles. The molecule has 1 aliphatic rings. The Kier molecular flexibility index (Phi) is 6.03. The van der Waals surface area contributed by atoms with Crippen LogP contribution < -0.4 is 14.8 Å². The predicted octanol–water partition coefficient (Wildman–Crippen LogP) is 2.30. The van der Waals surface area contributed by atoms with Gasteiger partial charge in [0.1, 0.15) is 6.61 Å². The molecule has 0 spiro atoms. The fourth-order valence-corrected chi connectivity index (χ4v) is 2.68. The second-order valence-electron chi connectivity index (χ2n) is 5.87. The molecule has 1 amide bonds. The second-order valence-corrected chi connectivity index (χ2v) is 5.87. The van der Waals surface area contributed by atoms with Crippen LogP contribution in [0.15, 0.2) is 18.2 Å². The van der Waals surface area contributed by atoms with Crippen LogP contribution in [0.3, 0.4) is 0 Å². The molecule has 1 fully saturated rings. The largest absolute Gasteiger partial charge is 0.493 e. The standard InChI is InChI=1S/C17H23NO6/c1-22-8-9-24-14-10-12(4-5-13(14)23-2)18-15(19)11-17(16(20)21)6-3-7-17/h4-5,10H,3,6-9,11H2,1-2H3,(H,18,19)(H,20,21). The molecular formula is C17H23NO6. The minimum atomic E-state index is -0.908. The van der Waals surface area contributed by atoms with Crippen LogP contribution in [0.25, 0.3) is 0 Å². The smallest absolute Gasteiger partial charge is 0.310 e. The van der Waals surface area contributed by atoms with Gasteiger partial charge in [0.05, 0.1) is 19.1 Å². The molecule has 7 heteroatoms. The van der Waals surface area contributed by atoms with Crippen molar-refractivity contribution in [2.24, 2.45) is 5.41 Å². The summed E-state index contributed by atoms with van der Waals surface area (Å²) in [6.07, 6.45) is 1.92. The quantitative estimate of drug-likeness (QED) is 0.672. The van der Waals surface area contributed by atoms with E-state index in [2.05, 4.69) is 5.32 Å². The molecular weight excluding hydrogens is 314 g/mol. The van der Waals surface area contributed by atoms with Crippen molar-refractivity contribution in [1.29, 1.82) is 0 Å². The molecule has 0 heterocycles. The summed E-state index contributed by atoms with van der Waals surface area (Å²) < 4.78 is 15.7. The van der Waals surface area contributed by atoms with E-state index in [-0.39, 0.29) is 12.3 Å². The normalized spacial score (nSPS) is 15.2. The predicted molar refractivity (Wildman–Crippen MR) is 87.5 cm³/mol. The van der Waals surface area contributed by atoms with Crippen molar-refractivity contribution >= 4 is 17.6 Å². The average Bonchev–Trinajstić information content (AvgIpc) is 2.51. The van der Waals surface area contributed by atoms with Crippen molar-refractivity contribution in [3.63, 3.8) is 0 Å². The van der Waals surface area contributed by atoms with E-state index in [0.717, 1.165) is 6.42 Å². The van der Waals surface area contributed by atoms with E-state index in [1.807, 2.05) is 0 Å². The van der Waals surface area contributed by atoms with Crippen LogP contribution in [-0.4, -0.2) is 44.4 Å². The lowest BCUT2D eigenvalue weighted by atomic mass is 9.66. The van der Waals surface area contributed by atoms with Gasteiger partial charge in [-0.3, -0.25) is 9.59 Å². The summed E-state index contributed by atoms with van der Waals surface area (Å²) in [4.78, 5) is 23.5. The number of hydrogen-bond acceptors (Lipinski definition) is 5. The van der Waals surface area contributed by atoms with Crippen molar-refractivity contribution in [1.82, 2.24) is 0 Å². The van der Waals surface area contributed by atoms with E-state index >= 15 is 0 Å². The lowest BCUT2D eigenvalue weighted by Crippen LogP contribution is -2.41. The number of amides is 1. The van der Waals surface area contributed by atoms with Gasteiger partial charge in [-0.1, -0.05) is 6.42 Å². The first-order chi connectivity index (χ1) is 11.5. The Morgan fingerprint density at radius 3 is 2.50 bits per heavy atom. The zero-order valence-electron chi connectivity index (χ0n) is 14.0. The third kappa shape index (κ3) is 4.17. The van der Waals surface area contributed by atoms with Gasteiger partial charge in [-0.15, -0.1) is 0 Å². The van der Waals surface area contributed by atoms with E-state index in [0.29, 0.717) is 43.2 Å². The number of ether oxygens (including phenoxy) is 3. The van der Waals surface area contributed by atoms with Crippen LogP contribution in [-0.2, 0) is 14.3 Å². The van der Waals surface area contributed by atoms with Crippen LogP contribution in [0, 0.1) is 5.41 Å². The number of aliphatic carboxylic acids is 1. The number of anilines is 1. The Morgan fingerprint density at radius 2 is 1.96 bits per heavy atom. The highest BCUT2D eigenvalue weighted by Crippen LogP contribution is 2.44. The molecule has 1 aromatic rings. The number of carbonyl (C=O) groups excluding carboxylic acids is 1. The van der Waals surface area contributed by atoms with Gasteiger partial charge in [0, 0.05) is 25.3 Å². The summed E-state index contributed by atoms with van der Waals surface area (Å²) in [6.45, 7) is 0.785. The molecule has 7 nitrogen and oxygen atoms in total. The Morgan fingerprint density at radius 1 is 1.21 bits per heavy atom. The number of benzene rings is 1. The zero-order chi connectivity index (χ0) is 17.6. The first-order valence-corrected chi connectivity index (χ1v) is 7.84. The van der Waals surface area contributed by atoms with Crippen LogP contribution >= 0.6 is 0 Å². The van der Waals surface area contributed by atoms with Gasteiger partial charge in [-0.05, 0) is 25.0 Å². The molecule has 132 valence electrons. The van der Waals surface area contributed by atoms with Crippen LogP contribution in [0.5, 0.6) is 11.5 Å². The highest BCUT2D eigenvalue weighted by molar-refractivity contribution is 5.94. The molecule has 2 rings (SSSR count). The lowest BCUT2D eigenvalue weighted by Gasteiger charge is -2.36. The van der Waals surface area contributed by atoms with Gasteiger partial charge in [0.2, 0.25) is 5.91 Å².